The largest absolute Gasteiger partial charge is 0.358 e. The second-order valence-electron chi connectivity index (χ2n) is 0.789. The number of hydrogen-bond acceptors (Lipinski definition) is 1. The van der Waals surface area contributed by atoms with Crippen molar-refractivity contribution in [2.45, 2.75) is 0 Å². The van der Waals surface area contributed by atoms with Gasteiger partial charge >= 0.3 is 0 Å². The third kappa shape index (κ3) is 2.61. The van der Waals surface area contributed by atoms with Crippen LogP contribution < -0.4 is 5.40 Å². The number of hydrogen-bond donors (Lipinski definition) is 1. The molecular weight excluding hydrogens is 98.3 g/mol. The van der Waals surface area contributed by atoms with Crippen molar-refractivity contribution in [1.82, 2.24) is 0 Å². The van der Waals surface area contributed by atoms with Gasteiger partial charge in [-0.15, -0.1) is 0 Å². The fourth-order valence-corrected chi connectivity index (χ4v) is 0. The minimum atomic E-state index is 0.125. The third-order valence-corrected chi connectivity index (χ3v) is 7.79. The normalized spacial score (nSPS) is 14.2. The van der Waals surface area contributed by atoms with Crippen LogP contribution in [0.25, 0.3) is 0 Å². The summed E-state index contributed by atoms with van der Waals surface area (Å²) in [7, 11) is 2.07. The van der Waals surface area contributed by atoms with Crippen LogP contribution in [0.3, 0.4) is 0 Å². The fraction of sp³-hybridized carbons (Fsp3) is 0. The van der Waals surface area contributed by atoms with Crippen LogP contribution in [-0.4, -0.2) is 27.5 Å². The van der Waals surface area contributed by atoms with E-state index in [0.29, 0.717) is 8.55 Å². The summed E-state index contributed by atoms with van der Waals surface area (Å²) in [6.45, 7) is 0. The molecule has 0 spiro atoms. The van der Waals surface area contributed by atoms with Gasteiger partial charge in [0.1, 0.15) is 0 Å². The Labute approximate surface area is 33.7 Å². The standard InChI is InChI=1S/H9NSi3/c1-3-4-2/h1,3-4H2,2H3. The summed E-state index contributed by atoms with van der Waals surface area (Å²) in [6, 6.07) is 0. The van der Waals surface area contributed by atoms with Crippen molar-refractivity contribution in [3.8, 4) is 0 Å². The first-order chi connectivity index (χ1) is 1.91. The molecule has 2 N–H and O–H groups in total. The molecule has 0 bridgehead atoms. The van der Waals surface area contributed by atoms with Crippen LogP contribution >= 0.6 is 0 Å². The van der Waals surface area contributed by atoms with E-state index in [-0.39, 0.29) is 9.20 Å². The van der Waals surface area contributed by atoms with Crippen LogP contribution in [0.1, 0.15) is 0 Å². The van der Waals surface area contributed by atoms with Crippen molar-refractivity contribution in [1.29, 1.82) is 0 Å². The third-order valence-electron chi connectivity index (χ3n) is 0.289. The molecule has 0 aliphatic carbocycles. The van der Waals surface area contributed by atoms with Crippen LogP contribution in [0.2, 0.25) is 0 Å². The van der Waals surface area contributed by atoms with E-state index < -0.39 is 0 Å². The topological polar surface area (TPSA) is 26.0 Å². The van der Waals surface area contributed by atoms with Gasteiger partial charge in [-0.2, -0.15) is 0 Å². The van der Waals surface area contributed by atoms with Crippen LogP contribution in [0.4, 0.5) is 0 Å². The summed E-state index contributed by atoms with van der Waals surface area (Å²) in [6.07, 6.45) is 0. The molecule has 4 heavy (non-hydrogen) atoms. The van der Waals surface area contributed by atoms with Crippen LogP contribution in [0.15, 0.2) is 0 Å². The van der Waals surface area contributed by atoms with Crippen molar-refractivity contribution in [3.63, 3.8) is 0 Å². The van der Waals surface area contributed by atoms with Crippen molar-refractivity contribution in [3.05, 3.63) is 0 Å². The first kappa shape index (κ1) is 4.61. The monoisotopic (exact) mass is 107 g/mol. The maximum absolute atomic E-state index is 5.26. The molecule has 0 aromatic heterocycles. The maximum Gasteiger partial charge on any atom is 0.0694 e. The highest BCUT2D eigenvalue weighted by molar-refractivity contribution is 7.22. The highest BCUT2D eigenvalue weighted by atomic mass is 29.5. The van der Waals surface area contributed by atoms with Gasteiger partial charge in [0.05, 0.1) is 9.20 Å². The van der Waals surface area contributed by atoms with Gasteiger partial charge in [0.25, 0.3) is 0 Å². The molecule has 0 heterocycles. The van der Waals surface area contributed by atoms with E-state index in [0.717, 1.165) is 0 Å². The molecule has 26 valence electrons. The van der Waals surface area contributed by atoms with E-state index >= 15 is 0 Å². The van der Waals surface area contributed by atoms with Crippen molar-refractivity contribution >= 4 is 27.5 Å². The van der Waals surface area contributed by atoms with E-state index in [9.17, 15) is 0 Å². The quantitative estimate of drug-likeness (QED) is 0.344. The molecule has 0 aliphatic rings. The van der Waals surface area contributed by atoms with E-state index in [4.69, 9.17) is 5.40 Å². The number of rotatable bonds is 1. The lowest BCUT2D eigenvalue weighted by Gasteiger charge is -1.65. The lowest BCUT2D eigenvalue weighted by Crippen LogP contribution is -2.13. The summed E-state index contributed by atoms with van der Waals surface area (Å²) in [5.41, 5.74) is 0. The Morgan fingerprint density at radius 3 is 2.00 bits per heavy atom. The summed E-state index contributed by atoms with van der Waals surface area (Å²) in [5.74, 6) is 0. The van der Waals surface area contributed by atoms with Crippen molar-refractivity contribution < 1.29 is 0 Å². The molecule has 1 nitrogen and oxygen atoms in total. The smallest absolute Gasteiger partial charge is 0.0694 e. The Balaban J connectivity index is 1.97. The van der Waals surface area contributed by atoms with Gasteiger partial charge in [-0.25, -0.2) is 0 Å². The van der Waals surface area contributed by atoms with Gasteiger partial charge < -0.3 is 5.40 Å². The predicted octanol–water partition coefficient (Wildman–Crippen LogP) is -3.61. The van der Waals surface area contributed by atoms with Gasteiger partial charge in [-0.05, 0) is 9.76 Å². The summed E-state index contributed by atoms with van der Waals surface area (Å²) < 4.78 is 0. The SMILES string of the molecule is N[SiH2][SiH2][SiH3]. The van der Waals surface area contributed by atoms with E-state index in [1.807, 2.05) is 0 Å². The first-order valence-electron chi connectivity index (χ1n) is 1.62. The molecule has 0 atom stereocenters. The molecule has 4 heteroatoms. The van der Waals surface area contributed by atoms with Gasteiger partial charge in [0.2, 0.25) is 0 Å². The molecule has 0 saturated heterocycles. The van der Waals surface area contributed by atoms with E-state index in [2.05, 4.69) is 0 Å². The zero-order chi connectivity index (χ0) is 3.41. The van der Waals surface area contributed by atoms with Crippen molar-refractivity contribution in [2.24, 2.45) is 5.40 Å². The predicted molar refractivity (Wildman–Crippen MR) is 31.2 cm³/mol. The molecule has 0 saturated carbocycles. The van der Waals surface area contributed by atoms with Crippen LogP contribution in [0, 0.1) is 0 Å². The Kier molecular flexibility index (Phi) is 4.16. The Bertz CT molecular complexity index is 5.25. The molecule has 0 radical (unpaired) electrons. The zero-order valence-electron chi connectivity index (χ0n) is 2.99. The fourth-order valence-electron chi connectivity index (χ4n) is 0. The molecule has 0 fully saturated rings. The molecule has 0 aromatic carbocycles. The molecular formula is H9NSi3. The van der Waals surface area contributed by atoms with Crippen LogP contribution in [-0.2, 0) is 0 Å². The molecule has 0 unspecified atom stereocenters. The van der Waals surface area contributed by atoms with E-state index in [1.54, 1.807) is 0 Å². The summed E-state index contributed by atoms with van der Waals surface area (Å²) in [5, 5.41) is 5.26. The minimum Gasteiger partial charge on any atom is -0.358 e. The zero-order valence-corrected chi connectivity index (χ0v) is 7.82. The Morgan fingerprint density at radius 2 is 2.00 bits per heavy atom. The lowest BCUT2D eigenvalue weighted by molar-refractivity contribution is 1.98. The molecule has 0 amide bonds. The van der Waals surface area contributed by atoms with Gasteiger partial charge in [-0.1, -0.05) is 0 Å². The first-order valence-corrected chi connectivity index (χ1v) is 12.1. The minimum absolute atomic E-state index is 0.125. The second kappa shape index (κ2) is 3.61. The van der Waals surface area contributed by atoms with Gasteiger partial charge in [0, 0.05) is 8.55 Å². The average molecular weight is 107 g/mol. The Hall–Kier alpha value is 0.611. The summed E-state index contributed by atoms with van der Waals surface area (Å²) in [4.78, 5) is 0. The molecule has 0 aromatic rings. The lowest BCUT2D eigenvalue weighted by atomic mass is 13.9. The summed E-state index contributed by atoms with van der Waals surface area (Å²) >= 11 is 0. The average Bonchev–Trinajstić information content (AvgIpc) is 1.37. The van der Waals surface area contributed by atoms with E-state index in [1.165, 1.54) is 9.76 Å². The highest BCUT2D eigenvalue weighted by Crippen LogP contribution is 1.17. The highest BCUT2D eigenvalue weighted by Gasteiger charge is 1.61. The maximum atomic E-state index is 5.26. The van der Waals surface area contributed by atoms with Gasteiger partial charge in [0.15, 0.2) is 0 Å². The molecule has 0 rings (SSSR count). The number of nitrogens with two attached hydrogens (primary N) is 1. The molecule has 0 aliphatic heterocycles. The van der Waals surface area contributed by atoms with Crippen LogP contribution in [0.5, 0.6) is 0 Å². The van der Waals surface area contributed by atoms with Gasteiger partial charge in [-0.3, -0.25) is 0 Å². The Morgan fingerprint density at radius 1 is 1.75 bits per heavy atom. The van der Waals surface area contributed by atoms with Crippen molar-refractivity contribution in [2.75, 3.05) is 0 Å². The second-order valence-corrected chi connectivity index (χ2v) is 16.1.